The molecule has 0 aliphatic heterocycles. The minimum absolute atomic E-state index is 0.223. The third kappa shape index (κ3) is 5.72. The maximum absolute atomic E-state index is 12.5. The Kier molecular flexibility index (Phi) is 7.40. The Bertz CT molecular complexity index is 850. The van der Waals surface area contributed by atoms with Gasteiger partial charge in [-0.1, -0.05) is 17.7 Å². The molecule has 0 spiro atoms. The normalized spacial score (nSPS) is 10.3. The van der Waals surface area contributed by atoms with E-state index in [0.717, 1.165) is 22.5 Å². The average molecular weight is 384 g/mol. The van der Waals surface area contributed by atoms with Crippen LogP contribution in [0, 0.1) is 13.8 Å². The van der Waals surface area contributed by atoms with Crippen molar-refractivity contribution in [2.24, 2.45) is 0 Å². The van der Waals surface area contributed by atoms with Gasteiger partial charge in [-0.2, -0.15) is 0 Å². The zero-order chi connectivity index (χ0) is 20.7. The van der Waals surface area contributed by atoms with E-state index in [-0.39, 0.29) is 11.9 Å². The van der Waals surface area contributed by atoms with Crippen LogP contribution in [0.4, 0.5) is 21.9 Å². The molecule has 2 aromatic rings. The zero-order valence-corrected chi connectivity index (χ0v) is 17.1. The molecule has 28 heavy (non-hydrogen) atoms. The van der Waals surface area contributed by atoms with Crippen molar-refractivity contribution in [2.75, 3.05) is 49.9 Å². The molecule has 3 N–H and O–H groups in total. The van der Waals surface area contributed by atoms with Crippen molar-refractivity contribution >= 4 is 29.0 Å². The van der Waals surface area contributed by atoms with E-state index in [1.54, 1.807) is 25.3 Å². The fraction of sp³-hybridized carbons (Fsp3) is 0.333. The quantitative estimate of drug-likeness (QED) is 0.639. The van der Waals surface area contributed by atoms with Gasteiger partial charge in [-0.3, -0.25) is 4.79 Å². The van der Waals surface area contributed by atoms with Gasteiger partial charge in [-0.05, 0) is 43.7 Å². The van der Waals surface area contributed by atoms with Gasteiger partial charge in [-0.15, -0.1) is 0 Å². The molecule has 0 atom stereocenters. The van der Waals surface area contributed by atoms with Crippen molar-refractivity contribution in [3.05, 3.63) is 53.1 Å². The van der Waals surface area contributed by atoms with Gasteiger partial charge in [0.25, 0.3) is 5.91 Å². The Labute approximate surface area is 166 Å². The number of carbonyl (C=O) groups is 2. The van der Waals surface area contributed by atoms with Crippen LogP contribution in [0.3, 0.4) is 0 Å². The third-order valence-corrected chi connectivity index (χ3v) is 4.20. The second-order valence-corrected chi connectivity index (χ2v) is 6.77. The minimum Gasteiger partial charge on any atom is -0.383 e. The van der Waals surface area contributed by atoms with Crippen LogP contribution >= 0.6 is 0 Å². The average Bonchev–Trinajstić information content (AvgIpc) is 2.64. The Morgan fingerprint density at radius 3 is 2.43 bits per heavy atom. The van der Waals surface area contributed by atoms with Crippen LogP contribution in [0.25, 0.3) is 0 Å². The first-order chi connectivity index (χ1) is 13.3. The molecule has 0 heterocycles. The van der Waals surface area contributed by atoms with Crippen molar-refractivity contribution < 1.29 is 14.3 Å². The summed E-state index contributed by atoms with van der Waals surface area (Å²) in [6.07, 6.45) is 0. The molecule has 0 aliphatic rings. The van der Waals surface area contributed by atoms with Crippen LogP contribution in [0.2, 0.25) is 0 Å². The highest BCUT2D eigenvalue weighted by Gasteiger charge is 2.15. The molecule has 7 heteroatoms. The number of nitrogens with one attached hydrogen (secondary N) is 3. The molecule has 0 radical (unpaired) electrons. The second kappa shape index (κ2) is 9.75. The van der Waals surface area contributed by atoms with Crippen molar-refractivity contribution in [2.45, 2.75) is 13.8 Å². The summed E-state index contributed by atoms with van der Waals surface area (Å²) in [5.41, 5.74) is 4.62. The van der Waals surface area contributed by atoms with Crippen molar-refractivity contribution in [1.29, 1.82) is 0 Å². The first kappa shape index (κ1) is 21.2. The van der Waals surface area contributed by atoms with Crippen molar-refractivity contribution in [3.63, 3.8) is 0 Å². The molecule has 7 nitrogen and oxygen atoms in total. The molecular formula is C21H28N4O3. The summed E-state index contributed by atoms with van der Waals surface area (Å²) in [4.78, 5) is 26.8. The molecule has 3 amide bonds. The number of amides is 3. The number of benzene rings is 2. The maximum Gasteiger partial charge on any atom is 0.323 e. The van der Waals surface area contributed by atoms with E-state index >= 15 is 0 Å². The lowest BCUT2D eigenvalue weighted by Gasteiger charge is -2.19. The lowest BCUT2D eigenvalue weighted by Crippen LogP contribution is -2.29. The predicted octanol–water partition coefficient (Wildman–Crippen LogP) is 3.39. The molecule has 0 saturated heterocycles. The van der Waals surface area contributed by atoms with E-state index in [9.17, 15) is 9.59 Å². The van der Waals surface area contributed by atoms with E-state index < -0.39 is 0 Å². The number of anilines is 3. The third-order valence-electron chi connectivity index (χ3n) is 4.20. The van der Waals surface area contributed by atoms with E-state index in [1.165, 1.54) is 0 Å². The van der Waals surface area contributed by atoms with E-state index in [0.29, 0.717) is 24.4 Å². The van der Waals surface area contributed by atoms with Gasteiger partial charge in [0.15, 0.2) is 0 Å². The van der Waals surface area contributed by atoms with Crippen LogP contribution in [0.5, 0.6) is 0 Å². The topological polar surface area (TPSA) is 82.7 Å². The number of methoxy groups -OCH3 is 1. The van der Waals surface area contributed by atoms with Crippen LogP contribution < -0.4 is 20.9 Å². The maximum atomic E-state index is 12.5. The molecule has 0 fully saturated rings. The lowest BCUT2D eigenvalue weighted by molar-refractivity contribution is 0.0937. The van der Waals surface area contributed by atoms with Crippen LogP contribution in [-0.2, 0) is 4.74 Å². The van der Waals surface area contributed by atoms with E-state index in [1.807, 2.05) is 51.0 Å². The largest absolute Gasteiger partial charge is 0.383 e. The number of ether oxygens (including phenoxy) is 1. The SMILES string of the molecule is COCCNC(=O)c1cc(NC(=O)Nc2ccc(C)cc2C)ccc1N(C)C. The number of rotatable bonds is 7. The molecule has 0 bridgehead atoms. The summed E-state index contributed by atoms with van der Waals surface area (Å²) >= 11 is 0. The Morgan fingerprint density at radius 1 is 1.04 bits per heavy atom. The van der Waals surface area contributed by atoms with Gasteiger partial charge in [-0.25, -0.2) is 4.79 Å². The lowest BCUT2D eigenvalue weighted by atomic mass is 10.1. The van der Waals surface area contributed by atoms with Gasteiger partial charge in [0.1, 0.15) is 0 Å². The number of nitrogens with zero attached hydrogens (tertiary/aromatic N) is 1. The van der Waals surface area contributed by atoms with Crippen LogP contribution in [0.15, 0.2) is 36.4 Å². The summed E-state index contributed by atoms with van der Waals surface area (Å²) < 4.78 is 4.97. The van der Waals surface area contributed by atoms with Gasteiger partial charge in [0, 0.05) is 44.8 Å². The number of hydrogen-bond acceptors (Lipinski definition) is 4. The second-order valence-electron chi connectivity index (χ2n) is 6.77. The number of hydrogen-bond donors (Lipinski definition) is 3. The van der Waals surface area contributed by atoms with Crippen molar-refractivity contribution in [1.82, 2.24) is 5.32 Å². The fourth-order valence-electron chi connectivity index (χ4n) is 2.79. The van der Waals surface area contributed by atoms with Crippen molar-refractivity contribution in [3.8, 4) is 0 Å². The highest BCUT2D eigenvalue weighted by atomic mass is 16.5. The minimum atomic E-state index is -0.365. The van der Waals surface area contributed by atoms with Gasteiger partial charge in [0.05, 0.1) is 12.2 Å². The highest BCUT2D eigenvalue weighted by molar-refractivity contribution is 6.04. The van der Waals surface area contributed by atoms with Crippen LogP contribution in [-0.4, -0.2) is 46.3 Å². The Hall–Kier alpha value is -3.06. The predicted molar refractivity (Wildman–Crippen MR) is 114 cm³/mol. The van der Waals surface area contributed by atoms with Gasteiger partial charge >= 0.3 is 6.03 Å². The highest BCUT2D eigenvalue weighted by Crippen LogP contribution is 2.23. The van der Waals surface area contributed by atoms with E-state index in [4.69, 9.17) is 4.74 Å². The summed E-state index contributed by atoms with van der Waals surface area (Å²) in [7, 11) is 5.30. The number of carbonyl (C=O) groups excluding carboxylic acids is 2. The molecule has 2 rings (SSSR count). The number of urea groups is 1. The summed E-state index contributed by atoms with van der Waals surface area (Å²) in [6, 6.07) is 10.7. The molecule has 0 unspecified atom stereocenters. The molecule has 0 aromatic heterocycles. The Balaban J connectivity index is 2.15. The zero-order valence-electron chi connectivity index (χ0n) is 17.1. The molecule has 150 valence electrons. The van der Waals surface area contributed by atoms with Crippen LogP contribution in [0.1, 0.15) is 21.5 Å². The molecule has 2 aromatic carbocycles. The van der Waals surface area contributed by atoms with Gasteiger partial charge in [0.2, 0.25) is 0 Å². The molecule has 0 aliphatic carbocycles. The number of aryl methyl sites for hydroxylation is 2. The summed E-state index contributed by atoms with van der Waals surface area (Å²) in [5, 5.41) is 8.43. The Morgan fingerprint density at radius 2 is 1.79 bits per heavy atom. The smallest absolute Gasteiger partial charge is 0.323 e. The van der Waals surface area contributed by atoms with E-state index in [2.05, 4.69) is 16.0 Å². The standard InChI is InChI=1S/C21H28N4O3/c1-14-6-8-18(15(2)12-14)24-21(27)23-16-7-9-19(25(3)4)17(13-16)20(26)22-10-11-28-5/h6-9,12-13H,10-11H2,1-5H3,(H,22,26)(H2,23,24,27). The fourth-order valence-corrected chi connectivity index (χ4v) is 2.79. The summed E-state index contributed by atoms with van der Waals surface area (Å²) in [6.45, 7) is 4.78. The first-order valence-electron chi connectivity index (χ1n) is 9.05. The van der Waals surface area contributed by atoms with Gasteiger partial charge < -0.3 is 25.6 Å². The molecular weight excluding hydrogens is 356 g/mol. The monoisotopic (exact) mass is 384 g/mol. The summed E-state index contributed by atoms with van der Waals surface area (Å²) in [5.74, 6) is -0.223. The first-order valence-corrected chi connectivity index (χ1v) is 9.05. The molecule has 0 saturated carbocycles.